The van der Waals surface area contributed by atoms with Crippen molar-refractivity contribution in [2.24, 2.45) is 0 Å². The first-order valence-electron chi connectivity index (χ1n) is 8.99. The van der Waals surface area contributed by atoms with Crippen LogP contribution in [-0.2, 0) is 4.74 Å². The molecule has 0 unspecified atom stereocenters. The molecule has 138 valence electrons. The Labute approximate surface area is 164 Å². The number of nitrogens with zero attached hydrogens (tertiary/aromatic N) is 3. The number of halogens is 1. The van der Waals surface area contributed by atoms with Crippen LogP contribution in [0.25, 0.3) is 11.4 Å². The van der Waals surface area contributed by atoms with Crippen molar-refractivity contribution < 1.29 is 4.74 Å². The predicted molar refractivity (Wildman–Crippen MR) is 110 cm³/mol. The number of hydrogen-bond donors (Lipinski definition) is 1. The zero-order valence-corrected chi connectivity index (χ0v) is 15.9. The number of rotatable bonds is 4. The average molecular weight is 381 g/mol. The van der Waals surface area contributed by atoms with Gasteiger partial charge in [-0.25, -0.2) is 9.97 Å². The Balaban J connectivity index is 1.74. The number of aryl methyl sites for hydroxylation is 1. The Hall–Kier alpha value is -2.63. The van der Waals surface area contributed by atoms with E-state index in [0.717, 1.165) is 41.5 Å². The van der Waals surface area contributed by atoms with E-state index in [9.17, 15) is 0 Å². The van der Waals surface area contributed by atoms with E-state index in [1.807, 2.05) is 61.5 Å². The van der Waals surface area contributed by atoms with E-state index in [2.05, 4.69) is 10.2 Å². The number of nitrogens with one attached hydrogen (secondary N) is 1. The molecule has 0 amide bonds. The third-order valence-electron chi connectivity index (χ3n) is 4.54. The Morgan fingerprint density at radius 2 is 1.78 bits per heavy atom. The minimum Gasteiger partial charge on any atom is -0.378 e. The van der Waals surface area contributed by atoms with Gasteiger partial charge >= 0.3 is 0 Å². The normalized spacial score (nSPS) is 14.2. The summed E-state index contributed by atoms with van der Waals surface area (Å²) in [7, 11) is 0. The molecule has 5 nitrogen and oxygen atoms in total. The molecule has 6 heteroatoms. The third-order valence-corrected chi connectivity index (χ3v) is 4.78. The number of benzene rings is 2. The summed E-state index contributed by atoms with van der Waals surface area (Å²) < 4.78 is 5.48. The van der Waals surface area contributed by atoms with E-state index in [1.54, 1.807) is 0 Å². The van der Waals surface area contributed by atoms with Crippen LogP contribution in [0.5, 0.6) is 0 Å². The highest BCUT2D eigenvalue weighted by atomic mass is 35.5. The first-order valence-corrected chi connectivity index (χ1v) is 9.37. The van der Waals surface area contributed by atoms with Gasteiger partial charge in [0.15, 0.2) is 5.82 Å². The van der Waals surface area contributed by atoms with Crippen LogP contribution in [0, 0.1) is 6.92 Å². The second-order valence-electron chi connectivity index (χ2n) is 6.48. The van der Waals surface area contributed by atoms with Crippen LogP contribution >= 0.6 is 11.6 Å². The van der Waals surface area contributed by atoms with Crippen LogP contribution in [0.3, 0.4) is 0 Å². The SMILES string of the molecule is Cc1ccc(Cl)cc1Nc1cc(N2CCOCC2)nc(-c2ccccc2)n1. The summed E-state index contributed by atoms with van der Waals surface area (Å²) in [4.78, 5) is 11.8. The zero-order valence-electron chi connectivity index (χ0n) is 15.2. The van der Waals surface area contributed by atoms with Crippen LogP contribution in [-0.4, -0.2) is 36.3 Å². The maximum atomic E-state index is 6.17. The van der Waals surface area contributed by atoms with Gasteiger partial charge in [-0.2, -0.15) is 0 Å². The number of ether oxygens (including phenoxy) is 1. The molecule has 0 atom stereocenters. The summed E-state index contributed by atoms with van der Waals surface area (Å²) in [6, 6.07) is 17.8. The Bertz CT molecular complexity index is 927. The summed E-state index contributed by atoms with van der Waals surface area (Å²) in [6.45, 7) is 5.10. The fourth-order valence-corrected chi connectivity index (χ4v) is 3.21. The highest BCUT2D eigenvalue weighted by molar-refractivity contribution is 6.30. The fraction of sp³-hybridized carbons (Fsp3) is 0.238. The summed E-state index contributed by atoms with van der Waals surface area (Å²) in [5.41, 5.74) is 3.03. The van der Waals surface area contributed by atoms with Gasteiger partial charge in [0.25, 0.3) is 0 Å². The minimum atomic E-state index is 0.689. The van der Waals surface area contributed by atoms with E-state index in [-0.39, 0.29) is 0 Å². The summed E-state index contributed by atoms with van der Waals surface area (Å²) in [5.74, 6) is 2.34. The molecule has 1 N–H and O–H groups in total. The first kappa shape index (κ1) is 17.8. The predicted octanol–water partition coefficient (Wildman–Crippen LogP) is 4.69. The van der Waals surface area contributed by atoms with Gasteiger partial charge in [-0.1, -0.05) is 48.0 Å². The topological polar surface area (TPSA) is 50.3 Å². The molecule has 1 aromatic heterocycles. The molecular weight excluding hydrogens is 360 g/mol. The lowest BCUT2D eigenvalue weighted by atomic mass is 10.2. The monoisotopic (exact) mass is 380 g/mol. The number of aromatic nitrogens is 2. The van der Waals surface area contributed by atoms with Crippen LogP contribution < -0.4 is 10.2 Å². The second-order valence-corrected chi connectivity index (χ2v) is 6.92. The van der Waals surface area contributed by atoms with Crippen molar-refractivity contribution in [1.82, 2.24) is 9.97 Å². The molecule has 1 fully saturated rings. The minimum absolute atomic E-state index is 0.689. The summed E-state index contributed by atoms with van der Waals surface area (Å²) >= 11 is 6.17. The Morgan fingerprint density at radius 1 is 1.00 bits per heavy atom. The van der Waals surface area contributed by atoms with Gasteiger partial charge in [-0.3, -0.25) is 0 Å². The van der Waals surface area contributed by atoms with Crippen LogP contribution in [0.4, 0.5) is 17.3 Å². The van der Waals surface area contributed by atoms with Crippen molar-refractivity contribution in [2.75, 3.05) is 36.5 Å². The van der Waals surface area contributed by atoms with Gasteiger partial charge in [0.05, 0.1) is 13.2 Å². The molecular formula is C21H21ClN4O. The summed E-state index contributed by atoms with van der Waals surface area (Å²) in [5, 5.41) is 4.10. The lowest BCUT2D eigenvalue weighted by Gasteiger charge is -2.28. The standard InChI is InChI=1S/C21H21ClN4O/c1-15-7-8-17(22)13-18(15)23-19-14-20(26-9-11-27-12-10-26)25-21(24-19)16-5-3-2-4-6-16/h2-8,13-14H,9-12H2,1H3,(H,23,24,25). The van der Waals surface area contributed by atoms with Crippen molar-refractivity contribution in [3.05, 3.63) is 65.2 Å². The molecule has 4 rings (SSSR count). The van der Waals surface area contributed by atoms with Gasteiger partial charge in [-0.05, 0) is 24.6 Å². The third kappa shape index (κ3) is 4.21. The van der Waals surface area contributed by atoms with E-state index < -0.39 is 0 Å². The highest BCUT2D eigenvalue weighted by Crippen LogP contribution is 2.27. The molecule has 1 aliphatic heterocycles. The van der Waals surface area contributed by atoms with Crippen molar-refractivity contribution in [3.8, 4) is 11.4 Å². The zero-order chi connectivity index (χ0) is 18.6. The summed E-state index contributed by atoms with van der Waals surface area (Å²) in [6.07, 6.45) is 0. The van der Waals surface area contributed by atoms with Crippen LogP contribution in [0.15, 0.2) is 54.6 Å². The van der Waals surface area contributed by atoms with Crippen LogP contribution in [0.1, 0.15) is 5.56 Å². The molecule has 27 heavy (non-hydrogen) atoms. The van der Waals surface area contributed by atoms with E-state index in [0.29, 0.717) is 24.1 Å². The van der Waals surface area contributed by atoms with Crippen molar-refractivity contribution in [2.45, 2.75) is 6.92 Å². The quantitative estimate of drug-likeness (QED) is 0.711. The van der Waals surface area contributed by atoms with Crippen molar-refractivity contribution >= 4 is 28.9 Å². The van der Waals surface area contributed by atoms with E-state index in [4.69, 9.17) is 26.3 Å². The second kappa shape index (κ2) is 7.94. The largest absolute Gasteiger partial charge is 0.378 e. The average Bonchev–Trinajstić information content (AvgIpc) is 2.72. The molecule has 2 aromatic carbocycles. The molecule has 2 heterocycles. The van der Waals surface area contributed by atoms with Gasteiger partial charge in [0.2, 0.25) is 0 Å². The molecule has 1 saturated heterocycles. The van der Waals surface area contributed by atoms with E-state index >= 15 is 0 Å². The number of morpholine rings is 1. The van der Waals surface area contributed by atoms with Crippen LogP contribution in [0.2, 0.25) is 5.02 Å². The molecule has 0 bridgehead atoms. The molecule has 0 saturated carbocycles. The molecule has 3 aromatic rings. The molecule has 1 aliphatic rings. The highest BCUT2D eigenvalue weighted by Gasteiger charge is 2.16. The molecule has 0 aliphatic carbocycles. The number of anilines is 3. The number of hydrogen-bond acceptors (Lipinski definition) is 5. The van der Waals surface area contributed by atoms with Gasteiger partial charge < -0.3 is 15.0 Å². The Morgan fingerprint density at radius 3 is 2.56 bits per heavy atom. The lowest BCUT2D eigenvalue weighted by molar-refractivity contribution is 0.122. The fourth-order valence-electron chi connectivity index (χ4n) is 3.04. The molecule has 0 spiro atoms. The van der Waals surface area contributed by atoms with Crippen molar-refractivity contribution in [3.63, 3.8) is 0 Å². The first-order chi connectivity index (χ1) is 13.2. The van der Waals surface area contributed by atoms with Gasteiger partial charge in [0, 0.05) is 35.4 Å². The van der Waals surface area contributed by atoms with Gasteiger partial charge in [0.1, 0.15) is 11.6 Å². The van der Waals surface area contributed by atoms with Crippen molar-refractivity contribution in [1.29, 1.82) is 0 Å². The maximum absolute atomic E-state index is 6.17. The Kier molecular flexibility index (Phi) is 5.23. The smallest absolute Gasteiger partial charge is 0.163 e. The van der Waals surface area contributed by atoms with E-state index in [1.165, 1.54) is 0 Å². The molecule has 0 radical (unpaired) electrons. The lowest BCUT2D eigenvalue weighted by Crippen LogP contribution is -2.36. The van der Waals surface area contributed by atoms with Gasteiger partial charge in [-0.15, -0.1) is 0 Å². The maximum Gasteiger partial charge on any atom is 0.163 e.